The molecular weight excluding hydrogens is 192 g/mol. The molecule has 0 aliphatic rings. The van der Waals surface area contributed by atoms with E-state index < -0.39 is 0 Å². The van der Waals surface area contributed by atoms with Gasteiger partial charge in [-0.25, -0.2) is 0 Å². The van der Waals surface area contributed by atoms with Crippen LogP contribution >= 0.6 is 11.6 Å². The Balaban J connectivity index is 4.93. The number of allylic oxidation sites excluding steroid dienone is 5. The molecule has 0 aliphatic carbocycles. The first-order valence-electron chi connectivity index (χ1n) is 5.22. The molecule has 0 rings (SSSR count). The molecule has 0 aliphatic heterocycles. The normalized spacial score (nSPS) is 14.3. The average Bonchev–Trinajstić information content (AvgIpc) is 2.13. The minimum Gasteiger partial charge on any atom is -0.0991 e. The molecule has 0 unspecified atom stereocenters. The van der Waals surface area contributed by atoms with Crippen LogP contribution in [-0.4, -0.2) is 0 Å². The summed E-state index contributed by atoms with van der Waals surface area (Å²) < 4.78 is 0. The summed E-state index contributed by atoms with van der Waals surface area (Å²) in [7, 11) is 0. The van der Waals surface area contributed by atoms with E-state index in [0.29, 0.717) is 5.92 Å². The Morgan fingerprint density at radius 1 is 1.43 bits per heavy atom. The van der Waals surface area contributed by atoms with Gasteiger partial charge in [0.05, 0.1) is 0 Å². The highest BCUT2D eigenvalue weighted by Gasteiger charge is 2.08. The monoisotopic (exact) mass is 212 g/mol. The van der Waals surface area contributed by atoms with Crippen LogP contribution in [0.4, 0.5) is 0 Å². The van der Waals surface area contributed by atoms with E-state index in [0.717, 1.165) is 17.9 Å². The summed E-state index contributed by atoms with van der Waals surface area (Å²) in [6, 6.07) is 0. The molecule has 0 saturated carbocycles. The Morgan fingerprint density at radius 3 is 2.36 bits per heavy atom. The summed E-state index contributed by atoms with van der Waals surface area (Å²) in [6.45, 7) is 12.3. The predicted molar refractivity (Wildman–Crippen MR) is 66.6 cm³/mol. The summed E-state index contributed by atoms with van der Waals surface area (Å²) in [5.41, 5.74) is 2.46. The van der Waals surface area contributed by atoms with Gasteiger partial charge in [0.15, 0.2) is 0 Å². The van der Waals surface area contributed by atoms with Crippen molar-refractivity contribution in [1.29, 1.82) is 0 Å². The molecule has 0 spiro atoms. The fourth-order valence-electron chi connectivity index (χ4n) is 1.38. The molecule has 0 amide bonds. The van der Waals surface area contributed by atoms with Gasteiger partial charge in [-0.3, -0.25) is 0 Å². The number of halogens is 1. The largest absolute Gasteiger partial charge is 0.0991 e. The first kappa shape index (κ1) is 13.5. The van der Waals surface area contributed by atoms with Crippen LogP contribution in [0.1, 0.15) is 40.5 Å². The van der Waals surface area contributed by atoms with E-state index in [-0.39, 0.29) is 0 Å². The van der Waals surface area contributed by atoms with E-state index in [9.17, 15) is 0 Å². The zero-order valence-electron chi connectivity index (χ0n) is 9.73. The maximum absolute atomic E-state index is 6.31. The predicted octanol–water partition coefficient (Wildman–Crippen LogP) is 5.07. The SMILES string of the molecule is C=CC=C(C(Cl)=C(C)CCC)C(C)C. The van der Waals surface area contributed by atoms with Gasteiger partial charge in [0.25, 0.3) is 0 Å². The van der Waals surface area contributed by atoms with E-state index in [4.69, 9.17) is 11.6 Å². The molecule has 0 aromatic carbocycles. The molecule has 0 aromatic heterocycles. The van der Waals surface area contributed by atoms with Gasteiger partial charge < -0.3 is 0 Å². The van der Waals surface area contributed by atoms with Crippen LogP contribution < -0.4 is 0 Å². The topological polar surface area (TPSA) is 0 Å². The van der Waals surface area contributed by atoms with Gasteiger partial charge in [0, 0.05) is 5.03 Å². The standard InChI is InChI=1S/C13H21Cl/c1-6-8-11(5)13(14)12(9-7-2)10(3)4/h7,9-10H,2,6,8H2,1,3-5H3. The van der Waals surface area contributed by atoms with Crippen molar-refractivity contribution in [3.8, 4) is 0 Å². The molecule has 0 nitrogen and oxygen atoms in total. The lowest BCUT2D eigenvalue weighted by Gasteiger charge is -2.12. The highest BCUT2D eigenvalue weighted by Crippen LogP contribution is 2.27. The number of rotatable bonds is 5. The molecule has 0 atom stereocenters. The van der Waals surface area contributed by atoms with E-state index >= 15 is 0 Å². The van der Waals surface area contributed by atoms with Crippen molar-refractivity contribution in [3.05, 3.63) is 34.9 Å². The fraction of sp³-hybridized carbons (Fsp3) is 0.538. The van der Waals surface area contributed by atoms with Crippen molar-refractivity contribution in [1.82, 2.24) is 0 Å². The summed E-state index contributed by atoms with van der Waals surface area (Å²) in [5, 5.41) is 0.918. The molecule has 0 bridgehead atoms. The van der Waals surface area contributed by atoms with Crippen molar-refractivity contribution in [2.45, 2.75) is 40.5 Å². The summed E-state index contributed by atoms with van der Waals surface area (Å²) in [4.78, 5) is 0. The van der Waals surface area contributed by atoms with Crippen molar-refractivity contribution in [3.63, 3.8) is 0 Å². The average molecular weight is 213 g/mol. The van der Waals surface area contributed by atoms with Crippen molar-refractivity contribution in [2.24, 2.45) is 5.92 Å². The lowest BCUT2D eigenvalue weighted by atomic mass is 9.98. The molecule has 1 heteroatoms. The Hall–Kier alpha value is -0.490. The van der Waals surface area contributed by atoms with Crippen LogP contribution in [0.5, 0.6) is 0 Å². The zero-order valence-corrected chi connectivity index (χ0v) is 10.5. The van der Waals surface area contributed by atoms with Gasteiger partial charge in [0.2, 0.25) is 0 Å². The molecule has 0 saturated heterocycles. The molecule has 0 heterocycles. The highest BCUT2D eigenvalue weighted by molar-refractivity contribution is 6.32. The minimum absolute atomic E-state index is 0.451. The highest BCUT2D eigenvalue weighted by atomic mass is 35.5. The molecule has 0 N–H and O–H groups in total. The van der Waals surface area contributed by atoms with E-state index in [1.165, 1.54) is 11.1 Å². The molecule has 14 heavy (non-hydrogen) atoms. The summed E-state index contributed by atoms with van der Waals surface area (Å²) in [6.07, 6.45) is 6.02. The lowest BCUT2D eigenvalue weighted by Crippen LogP contribution is -1.96. The third-order valence-corrected chi connectivity index (χ3v) is 2.71. The Labute approximate surface area is 93.4 Å². The van der Waals surface area contributed by atoms with Gasteiger partial charge >= 0.3 is 0 Å². The second-order valence-corrected chi connectivity index (χ2v) is 4.23. The summed E-state index contributed by atoms with van der Waals surface area (Å²) in [5.74, 6) is 0.451. The first-order chi connectivity index (χ1) is 6.54. The van der Waals surface area contributed by atoms with Gasteiger partial charge in [0.1, 0.15) is 0 Å². The smallest absolute Gasteiger partial charge is 0.0429 e. The molecule has 0 aromatic rings. The van der Waals surface area contributed by atoms with Gasteiger partial charge in [-0.15, -0.1) is 0 Å². The van der Waals surface area contributed by atoms with Crippen LogP contribution in [0.15, 0.2) is 34.9 Å². The molecule has 0 fully saturated rings. The van der Waals surface area contributed by atoms with E-state index in [1.807, 2.05) is 6.08 Å². The van der Waals surface area contributed by atoms with Crippen LogP contribution in [0.2, 0.25) is 0 Å². The molecule has 80 valence electrons. The maximum atomic E-state index is 6.31. The Kier molecular flexibility index (Phi) is 6.65. The van der Waals surface area contributed by atoms with Crippen molar-refractivity contribution in [2.75, 3.05) is 0 Å². The maximum Gasteiger partial charge on any atom is 0.0429 e. The molecular formula is C13H21Cl. The van der Waals surface area contributed by atoms with Crippen LogP contribution in [0.3, 0.4) is 0 Å². The third-order valence-electron chi connectivity index (χ3n) is 2.17. The van der Waals surface area contributed by atoms with Crippen molar-refractivity contribution < 1.29 is 0 Å². The lowest BCUT2D eigenvalue weighted by molar-refractivity contribution is 0.780. The minimum atomic E-state index is 0.451. The molecule has 0 radical (unpaired) electrons. The van der Waals surface area contributed by atoms with Crippen LogP contribution in [-0.2, 0) is 0 Å². The Bertz CT molecular complexity index is 244. The number of hydrogen-bond acceptors (Lipinski definition) is 0. The van der Waals surface area contributed by atoms with Gasteiger partial charge in [-0.2, -0.15) is 0 Å². The second kappa shape index (κ2) is 6.89. The Morgan fingerprint density at radius 2 is 2.00 bits per heavy atom. The first-order valence-corrected chi connectivity index (χ1v) is 5.60. The fourth-order valence-corrected chi connectivity index (χ4v) is 1.75. The van der Waals surface area contributed by atoms with Gasteiger partial charge in [-0.05, 0) is 24.8 Å². The van der Waals surface area contributed by atoms with Crippen LogP contribution in [0.25, 0.3) is 0 Å². The van der Waals surface area contributed by atoms with E-state index in [2.05, 4.69) is 34.3 Å². The van der Waals surface area contributed by atoms with E-state index in [1.54, 1.807) is 6.08 Å². The third kappa shape index (κ3) is 4.15. The van der Waals surface area contributed by atoms with Crippen LogP contribution in [0, 0.1) is 5.92 Å². The number of hydrogen-bond donors (Lipinski definition) is 0. The summed E-state index contributed by atoms with van der Waals surface area (Å²) >= 11 is 6.31. The zero-order chi connectivity index (χ0) is 11.1. The second-order valence-electron chi connectivity index (χ2n) is 3.86. The van der Waals surface area contributed by atoms with Crippen molar-refractivity contribution >= 4 is 11.6 Å². The van der Waals surface area contributed by atoms with Gasteiger partial charge in [-0.1, -0.05) is 63.1 Å². The quantitative estimate of drug-likeness (QED) is 0.559.